The molecule has 1 aromatic rings. The predicted molar refractivity (Wildman–Crippen MR) is 97.7 cm³/mol. The molecular weight excluding hydrogens is 364 g/mol. The molecule has 142 valence electrons. The Kier molecular flexibility index (Phi) is 6.13. The van der Waals surface area contributed by atoms with Crippen molar-refractivity contribution in [2.45, 2.75) is 23.1 Å². The maximum Gasteiger partial charge on any atom is 0.187 e. The molecule has 0 aromatic heterocycles. The van der Waals surface area contributed by atoms with Gasteiger partial charge in [0.05, 0.1) is 23.9 Å². The van der Waals surface area contributed by atoms with Gasteiger partial charge < -0.3 is 15.0 Å². The van der Waals surface area contributed by atoms with Crippen LogP contribution in [0.3, 0.4) is 0 Å². The monoisotopic (exact) mass is 390 g/mol. The van der Waals surface area contributed by atoms with Gasteiger partial charge in [-0.05, 0) is 38.7 Å². The van der Waals surface area contributed by atoms with Crippen LogP contribution in [0.4, 0.5) is 0 Å². The van der Waals surface area contributed by atoms with Crippen LogP contribution in [0.25, 0.3) is 0 Å². The van der Waals surface area contributed by atoms with E-state index in [0.29, 0.717) is 13.1 Å². The number of hydrogen-bond acceptors (Lipinski definition) is 7. The first-order chi connectivity index (χ1) is 11.6. The van der Waals surface area contributed by atoms with Crippen molar-refractivity contribution in [3.05, 3.63) is 23.8 Å². The molecule has 0 aliphatic carbocycles. The summed E-state index contributed by atoms with van der Waals surface area (Å²) in [5, 5.41) is 2.09. The fourth-order valence-corrected chi connectivity index (χ4v) is 7.91. The summed E-state index contributed by atoms with van der Waals surface area (Å²) in [5.74, 6) is -0.299. The van der Waals surface area contributed by atoms with Crippen LogP contribution in [0, 0.1) is 6.92 Å². The van der Waals surface area contributed by atoms with Crippen LogP contribution in [0.2, 0.25) is 0 Å². The molecule has 1 aliphatic heterocycles. The summed E-state index contributed by atoms with van der Waals surface area (Å²) in [5.41, 5.74) is 0.775. The highest BCUT2D eigenvalue weighted by Gasteiger charge is 2.46. The van der Waals surface area contributed by atoms with Gasteiger partial charge in [0.2, 0.25) is 0 Å². The smallest absolute Gasteiger partial charge is 0.187 e. The highest BCUT2D eigenvalue weighted by Crippen LogP contribution is 2.32. The Hall–Kier alpha value is -1.16. The van der Waals surface area contributed by atoms with Crippen molar-refractivity contribution >= 4 is 19.7 Å². The third-order valence-corrected chi connectivity index (χ3v) is 8.46. The second-order valence-electron chi connectivity index (χ2n) is 6.68. The van der Waals surface area contributed by atoms with Gasteiger partial charge in [0.1, 0.15) is 10.6 Å². The van der Waals surface area contributed by atoms with E-state index in [1.54, 1.807) is 19.1 Å². The number of ether oxygens (including phenoxy) is 1. The highest BCUT2D eigenvalue weighted by molar-refractivity contribution is 7.96. The molecule has 25 heavy (non-hydrogen) atoms. The normalized spacial score (nSPS) is 23.1. The molecule has 1 aliphatic rings. The lowest BCUT2D eigenvalue weighted by Crippen LogP contribution is -2.45. The standard InChI is InChI=1S/C16H26N2O5S2/c1-12-5-6-14(23-4)15(9-12)25(21,22)16-11-24(19,20)10-13(16)17-7-8-18(2)3/h5-6,9,13,16-17H,7-8,10-11H2,1-4H3/t13-,16-/m0/s1. The zero-order valence-corrected chi connectivity index (χ0v) is 16.7. The van der Waals surface area contributed by atoms with Crippen LogP contribution < -0.4 is 10.1 Å². The van der Waals surface area contributed by atoms with E-state index in [0.717, 1.165) is 5.56 Å². The van der Waals surface area contributed by atoms with Gasteiger partial charge in [-0.25, -0.2) is 16.8 Å². The molecule has 1 fully saturated rings. The van der Waals surface area contributed by atoms with Crippen LogP contribution in [-0.4, -0.2) is 78.8 Å². The van der Waals surface area contributed by atoms with Gasteiger partial charge in [0, 0.05) is 19.1 Å². The van der Waals surface area contributed by atoms with Gasteiger partial charge in [-0.2, -0.15) is 0 Å². The summed E-state index contributed by atoms with van der Waals surface area (Å²) in [6.07, 6.45) is 0. The maximum atomic E-state index is 13.2. The number of rotatable bonds is 7. The van der Waals surface area contributed by atoms with Gasteiger partial charge in [-0.1, -0.05) is 6.07 Å². The molecular formula is C16H26N2O5S2. The Labute approximate surface area is 150 Å². The Morgan fingerprint density at radius 1 is 1.28 bits per heavy atom. The number of hydrogen-bond donors (Lipinski definition) is 1. The average molecular weight is 391 g/mol. The molecule has 1 heterocycles. The molecule has 7 nitrogen and oxygen atoms in total. The first-order valence-electron chi connectivity index (χ1n) is 8.04. The summed E-state index contributed by atoms with van der Waals surface area (Å²) in [6, 6.07) is 4.27. The number of likely N-dealkylation sites (N-methyl/N-ethyl adjacent to an activating group) is 1. The largest absolute Gasteiger partial charge is 0.495 e. The molecule has 1 N–H and O–H groups in total. The highest BCUT2D eigenvalue weighted by atomic mass is 32.2. The van der Waals surface area contributed by atoms with E-state index in [-0.39, 0.29) is 22.2 Å². The molecule has 0 radical (unpaired) electrons. The number of benzene rings is 1. The minimum absolute atomic E-state index is 0.0523. The molecule has 0 unspecified atom stereocenters. The van der Waals surface area contributed by atoms with Gasteiger partial charge in [-0.15, -0.1) is 0 Å². The second-order valence-corrected chi connectivity index (χ2v) is 11.0. The van der Waals surface area contributed by atoms with Crippen LogP contribution in [0.15, 0.2) is 23.1 Å². The Morgan fingerprint density at radius 2 is 1.96 bits per heavy atom. The first kappa shape index (κ1) is 20.2. The zero-order valence-electron chi connectivity index (χ0n) is 15.0. The molecule has 0 saturated carbocycles. The van der Waals surface area contributed by atoms with Gasteiger partial charge >= 0.3 is 0 Å². The second kappa shape index (κ2) is 7.61. The minimum Gasteiger partial charge on any atom is -0.495 e. The fraction of sp³-hybridized carbons (Fsp3) is 0.625. The lowest BCUT2D eigenvalue weighted by Gasteiger charge is -2.22. The number of sulfone groups is 2. The number of methoxy groups -OCH3 is 1. The summed E-state index contributed by atoms with van der Waals surface area (Å²) in [6.45, 7) is 3.00. The van der Waals surface area contributed by atoms with E-state index in [1.165, 1.54) is 13.2 Å². The zero-order chi connectivity index (χ0) is 18.8. The lowest BCUT2D eigenvalue weighted by atomic mass is 10.2. The molecule has 2 atom stereocenters. The molecule has 0 spiro atoms. The van der Waals surface area contributed by atoms with E-state index in [1.807, 2.05) is 19.0 Å². The van der Waals surface area contributed by atoms with E-state index >= 15 is 0 Å². The van der Waals surface area contributed by atoms with Crippen molar-refractivity contribution in [2.75, 3.05) is 45.8 Å². The van der Waals surface area contributed by atoms with Crippen molar-refractivity contribution in [1.29, 1.82) is 0 Å². The van der Waals surface area contributed by atoms with Crippen molar-refractivity contribution in [3.63, 3.8) is 0 Å². The van der Waals surface area contributed by atoms with Crippen molar-refractivity contribution in [3.8, 4) is 5.75 Å². The van der Waals surface area contributed by atoms with Gasteiger partial charge in [0.15, 0.2) is 19.7 Å². The maximum absolute atomic E-state index is 13.2. The molecule has 1 aromatic carbocycles. The van der Waals surface area contributed by atoms with Crippen LogP contribution in [0.5, 0.6) is 5.75 Å². The SMILES string of the molecule is COc1ccc(C)cc1S(=O)(=O)[C@H]1CS(=O)(=O)C[C@@H]1NCCN(C)C. The van der Waals surface area contributed by atoms with Gasteiger partial charge in [0.25, 0.3) is 0 Å². The van der Waals surface area contributed by atoms with Crippen LogP contribution >= 0.6 is 0 Å². The minimum atomic E-state index is -3.86. The third-order valence-electron chi connectivity index (χ3n) is 4.29. The first-order valence-corrected chi connectivity index (χ1v) is 11.4. The number of nitrogens with one attached hydrogen (secondary N) is 1. The summed E-state index contributed by atoms with van der Waals surface area (Å²) < 4.78 is 55.7. The molecule has 1 saturated heterocycles. The lowest BCUT2D eigenvalue weighted by molar-refractivity contribution is 0.387. The number of aryl methyl sites for hydroxylation is 1. The summed E-state index contributed by atoms with van der Waals surface area (Å²) in [7, 11) is -2.06. The topological polar surface area (TPSA) is 92.8 Å². The molecule has 9 heteroatoms. The molecule has 0 amide bonds. The van der Waals surface area contributed by atoms with Crippen molar-refractivity contribution in [2.24, 2.45) is 0 Å². The summed E-state index contributed by atoms with van der Waals surface area (Å²) >= 11 is 0. The van der Waals surface area contributed by atoms with Crippen LogP contribution in [0.1, 0.15) is 5.56 Å². The summed E-state index contributed by atoms with van der Waals surface area (Å²) in [4.78, 5) is 2.00. The van der Waals surface area contributed by atoms with Gasteiger partial charge in [-0.3, -0.25) is 0 Å². The third kappa shape index (κ3) is 4.72. The van der Waals surface area contributed by atoms with E-state index in [9.17, 15) is 16.8 Å². The molecule has 2 rings (SSSR count). The van der Waals surface area contributed by atoms with Crippen molar-refractivity contribution in [1.82, 2.24) is 10.2 Å². The number of nitrogens with zero attached hydrogens (tertiary/aromatic N) is 1. The van der Waals surface area contributed by atoms with Crippen molar-refractivity contribution < 1.29 is 21.6 Å². The Bertz CT molecular complexity index is 819. The Balaban J connectivity index is 2.36. The average Bonchev–Trinajstić information content (AvgIpc) is 2.82. The van der Waals surface area contributed by atoms with E-state index in [2.05, 4.69) is 5.32 Å². The quantitative estimate of drug-likeness (QED) is 0.705. The Morgan fingerprint density at radius 3 is 2.56 bits per heavy atom. The van der Waals surface area contributed by atoms with E-state index < -0.39 is 31.0 Å². The predicted octanol–water partition coefficient (Wildman–Crippen LogP) is 0.0941. The molecule has 0 bridgehead atoms. The fourth-order valence-electron chi connectivity index (χ4n) is 2.95. The van der Waals surface area contributed by atoms with E-state index in [4.69, 9.17) is 4.74 Å². The van der Waals surface area contributed by atoms with Crippen LogP contribution in [-0.2, 0) is 19.7 Å².